The van der Waals surface area contributed by atoms with E-state index in [4.69, 9.17) is 13.8 Å². The Labute approximate surface area is 500 Å². The number of carbonyl (C=O) groups is 2. The predicted octanol–water partition coefficient (Wildman–Crippen LogP) is 20.9. The number of rotatable bonds is 59. The highest BCUT2D eigenvalue weighted by atomic mass is 31.2. The second-order valence-electron chi connectivity index (χ2n) is 23.3. The van der Waals surface area contributed by atoms with Gasteiger partial charge in [-0.05, 0) is 115 Å². The van der Waals surface area contributed by atoms with Gasteiger partial charge in [0.15, 0.2) is 0 Å². The maximum atomic E-state index is 13.6. The summed E-state index contributed by atoms with van der Waals surface area (Å²) in [6.07, 6.45) is 82.3. The van der Waals surface area contributed by atoms with Gasteiger partial charge in [0.05, 0.1) is 33.8 Å². The van der Waals surface area contributed by atoms with Crippen molar-refractivity contribution < 1.29 is 37.3 Å². The molecule has 1 amide bonds. The van der Waals surface area contributed by atoms with Crippen molar-refractivity contribution in [2.45, 2.75) is 290 Å². The molecule has 0 bridgehead atoms. The molecule has 0 aliphatic rings. The molecule has 0 spiro atoms. The molecule has 9 nitrogen and oxygen atoms in total. The van der Waals surface area contributed by atoms with Gasteiger partial charge in [0, 0.05) is 12.8 Å². The fraction of sp³-hybridized carbons (Fsp3) is 0.718. The first-order chi connectivity index (χ1) is 39.4. The normalized spacial score (nSPS) is 14.3. The van der Waals surface area contributed by atoms with Crippen LogP contribution in [0.5, 0.6) is 0 Å². The van der Waals surface area contributed by atoms with Gasteiger partial charge < -0.3 is 19.4 Å². The third kappa shape index (κ3) is 61.1. The van der Waals surface area contributed by atoms with Crippen LogP contribution in [0.15, 0.2) is 109 Å². The number of nitrogens with zero attached hydrogens (tertiary/aromatic N) is 1. The van der Waals surface area contributed by atoms with Crippen LogP contribution >= 0.6 is 7.82 Å². The maximum absolute atomic E-state index is 13.6. The zero-order chi connectivity index (χ0) is 59.3. The Morgan fingerprint density at radius 3 is 1.21 bits per heavy atom. The number of ether oxygens (including phenoxy) is 1. The van der Waals surface area contributed by atoms with E-state index < -0.39 is 20.0 Å². The number of carbonyl (C=O) groups excluding carboxylic acids is 2. The van der Waals surface area contributed by atoms with E-state index in [1.807, 2.05) is 33.3 Å². The molecule has 0 aromatic carbocycles. The molecule has 0 aliphatic carbocycles. The highest BCUT2D eigenvalue weighted by molar-refractivity contribution is 7.47. The van der Waals surface area contributed by atoms with Crippen molar-refractivity contribution in [3.05, 3.63) is 109 Å². The monoisotopic (exact) mass is 1150 g/mol. The molecule has 0 aromatic heterocycles. The fourth-order valence-corrected chi connectivity index (χ4v) is 9.83. The number of hydrogen-bond donors (Lipinski definition) is 2. The first-order valence-electron chi connectivity index (χ1n) is 33.2. The van der Waals surface area contributed by atoms with Crippen molar-refractivity contribution in [3.8, 4) is 0 Å². The van der Waals surface area contributed by atoms with Crippen molar-refractivity contribution >= 4 is 19.7 Å². The quantitative estimate of drug-likeness (QED) is 0.0205. The van der Waals surface area contributed by atoms with Gasteiger partial charge in [-0.3, -0.25) is 18.6 Å². The summed E-state index contributed by atoms with van der Waals surface area (Å²) in [5.74, 6) is -0.530. The van der Waals surface area contributed by atoms with Crippen LogP contribution in [0.25, 0.3) is 0 Å². The molecular weight excluding hydrogens is 1020 g/mol. The highest BCUT2D eigenvalue weighted by Crippen LogP contribution is 2.43. The van der Waals surface area contributed by atoms with Crippen LogP contribution in [-0.2, 0) is 27.9 Å². The van der Waals surface area contributed by atoms with Crippen molar-refractivity contribution in [3.63, 3.8) is 0 Å². The number of phosphoric ester groups is 1. The summed E-state index contributed by atoms with van der Waals surface area (Å²) >= 11 is 0. The SMILES string of the molecule is CC/C=C\C/C=C\C/C=C\C/C=C\C/C=C\CCCCCCCCCCCC(=O)OC(/C=C\CCCCCCCCCCC)C(COP(=O)(O)OCC[N+](C)(C)C)NC(=O)CCCCCCCC/C=C\C/C=C\C/C=C\CCCCC. The summed E-state index contributed by atoms with van der Waals surface area (Å²) in [6, 6.07) is -0.865. The number of esters is 1. The second kappa shape index (κ2) is 59.8. The van der Waals surface area contributed by atoms with Crippen LogP contribution in [0.1, 0.15) is 278 Å². The van der Waals surface area contributed by atoms with E-state index in [-0.39, 0.29) is 31.5 Å². The first-order valence-corrected chi connectivity index (χ1v) is 34.7. The van der Waals surface area contributed by atoms with Gasteiger partial charge in [-0.15, -0.1) is 0 Å². The van der Waals surface area contributed by atoms with Gasteiger partial charge in [-0.25, -0.2) is 4.57 Å². The Bertz CT molecular complexity index is 1750. The Hall–Kier alpha value is -3.33. The summed E-state index contributed by atoms with van der Waals surface area (Å²) in [6.45, 7) is 6.85. The lowest BCUT2D eigenvalue weighted by Crippen LogP contribution is -2.47. The van der Waals surface area contributed by atoms with Gasteiger partial charge in [-0.2, -0.15) is 0 Å². The Morgan fingerprint density at radius 2 is 0.790 bits per heavy atom. The van der Waals surface area contributed by atoms with Crippen LogP contribution in [0.3, 0.4) is 0 Å². The largest absolute Gasteiger partial charge is 0.472 e. The number of unbranched alkanes of at least 4 members (excludes halogenated alkanes) is 27. The number of likely N-dealkylation sites (N-methyl/N-ethyl adjacent to an activating group) is 1. The van der Waals surface area contributed by atoms with Crippen LogP contribution in [0, 0.1) is 0 Å². The number of nitrogens with one attached hydrogen (secondary N) is 1. The van der Waals surface area contributed by atoms with E-state index in [0.717, 1.165) is 135 Å². The average molecular weight is 1150 g/mol. The molecule has 0 saturated heterocycles. The Morgan fingerprint density at radius 1 is 0.444 bits per heavy atom. The zero-order valence-electron chi connectivity index (χ0n) is 53.2. The number of phosphoric acid groups is 1. The lowest BCUT2D eigenvalue weighted by Gasteiger charge is -2.27. The van der Waals surface area contributed by atoms with Crippen molar-refractivity contribution in [1.29, 1.82) is 0 Å². The molecule has 466 valence electrons. The Balaban J connectivity index is 5.15. The van der Waals surface area contributed by atoms with Crippen LogP contribution in [0.4, 0.5) is 0 Å². The molecule has 0 fully saturated rings. The zero-order valence-corrected chi connectivity index (χ0v) is 54.1. The van der Waals surface area contributed by atoms with Gasteiger partial charge in [0.25, 0.3) is 0 Å². The third-order valence-corrected chi connectivity index (χ3v) is 15.2. The number of quaternary nitrogens is 1. The molecule has 3 unspecified atom stereocenters. The minimum absolute atomic E-state index is 0.0314. The smallest absolute Gasteiger partial charge is 0.456 e. The van der Waals surface area contributed by atoms with E-state index in [0.29, 0.717) is 17.4 Å². The molecule has 0 rings (SSSR count). The maximum Gasteiger partial charge on any atom is 0.472 e. The lowest BCUT2D eigenvalue weighted by molar-refractivity contribution is -0.870. The molecule has 3 atom stereocenters. The summed E-state index contributed by atoms with van der Waals surface area (Å²) in [5, 5.41) is 3.05. The van der Waals surface area contributed by atoms with Crippen molar-refractivity contribution in [1.82, 2.24) is 5.32 Å². The molecule has 0 heterocycles. The van der Waals surface area contributed by atoms with Crippen LogP contribution in [-0.4, -0.2) is 74.3 Å². The van der Waals surface area contributed by atoms with E-state index in [1.54, 1.807) is 0 Å². The van der Waals surface area contributed by atoms with E-state index >= 15 is 0 Å². The number of allylic oxidation sites excluding steroid dienone is 17. The topological polar surface area (TPSA) is 111 Å². The minimum atomic E-state index is -4.46. The third-order valence-electron chi connectivity index (χ3n) is 14.2. The molecule has 0 aliphatic heterocycles. The second-order valence-corrected chi connectivity index (χ2v) is 24.7. The van der Waals surface area contributed by atoms with Crippen molar-refractivity contribution in [2.75, 3.05) is 40.9 Å². The molecule has 81 heavy (non-hydrogen) atoms. The standard InChI is InChI=1S/C71H125N2O7P/c1-7-10-13-16-19-22-25-27-29-31-33-34-35-36-37-38-40-42-44-46-49-52-55-58-61-64-71(75)80-69(62-59-56-53-50-47-24-21-18-15-12-9-3)68(67-79-81(76,77)78-66-65-73(4,5)6)72-70(74)63-60-57-54-51-48-45-43-41-39-32-30-28-26-23-20-17-14-11-8-2/h10,13,19-20,22-23,27-30,33-34,36-37,39,41,59,62,68-69H,7-9,11-12,14-18,21,24-26,31-32,35,38,40,42-58,60-61,63-67H2,1-6H3,(H-,72,74,76,77)/p+1/b13-10-,22-19-,23-20-,29-27-,30-28-,34-33-,37-36-,41-39-,62-59-. The summed E-state index contributed by atoms with van der Waals surface area (Å²) in [4.78, 5) is 37.8. The Kier molecular flexibility index (Phi) is 57.4. The highest BCUT2D eigenvalue weighted by Gasteiger charge is 2.30. The summed E-state index contributed by atoms with van der Waals surface area (Å²) in [7, 11) is 1.47. The molecule has 0 saturated carbocycles. The first kappa shape index (κ1) is 77.7. The van der Waals surface area contributed by atoms with E-state index in [1.165, 1.54) is 109 Å². The molecule has 0 radical (unpaired) electrons. The number of hydrogen-bond acceptors (Lipinski definition) is 6. The van der Waals surface area contributed by atoms with Gasteiger partial charge in [0.2, 0.25) is 5.91 Å². The molecular formula is C71H126N2O7P+. The molecule has 0 aromatic rings. The fourth-order valence-electron chi connectivity index (χ4n) is 9.09. The molecule has 10 heteroatoms. The van der Waals surface area contributed by atoms with Gasteiger partial charge >= 0.3 is 13.8 Å². The van der Waals surface area contributed by atoms with E-state index in [2.05, 4.69) is 123 Å². The summed E-state index contributed by atoms with van der Waals surface area (Å²) in [5.41, 5.74) is 0. The molecule has 2 N–H and O–H groups in total. The van der Waals surface area contributed by atoms with Crippen molar-refractivity contribution in [2.24, 2.45) is 0 Å². The number of amides is 1. The van der Waals surface area contributed by atoms with Gasteiger partial charge in [-0.1, -0.05) is 259 Å². The summed E-state index contributed by atoms with van der Waals surface area (Å²) < 4.78 is 30.7. The average Bonchev–Trinajstić information content (AvgIpc) is 3.43. The minimum Gasteiger partial charge on any atom is -0.456 e. The lowest BCUT2D eigenvalue weighted by atomic mass is 10.0. The van der Waals surface area contributed by atoms with Gasteiger partial charge in [0.1, 0.15) is 19.3 Å². The predicted molar refractivity (Wildman–Crippen MR) is 350 cm³/mol. The van der Waals surface area contributed by atoms with E-state index in [9.17, 15) is 19.0 Å². The van der Waals surface area contributed by atoms with Crippen LogP contribution < -0.4 is 5.32 Å². The van der Waals surface area contributed by atoms with Crippen LogP contribution in [0.2, 0.25) is 0 Å².